The van der Waals surface area contributed by atoms with Gasteiger partial charge in [0.2, 0.25) is 15.9 Å². The van der Waals surface area contributed by atoms with E-state index in [9.17, 15) is 13.2 Å². The highest BCUT2D eigenvalue weighted by Crippen LogP contribution is 2.13. The molecular formula is C14H22N2O3S. The van der Waals surface area contributed by atoms with Gasteiger partial charge in [-0.2, -0.15) is 4.72 Å². The minimum atomic E-state index is -3.70. The Labute approximate surface area is 121 Å². The van der Waals surface area contributed by atoms with E-state index in [0.29, 0.717) is 0 Å². The number of rotatable bonds is 5. The number of amides is 1. The number of nitrogens with zero attached hydrogens (tertiary/aromatic N) is 1. The normalized spacial score (nSPS) is 13.3. The number of aryl methyl sites for hydroxylation is 1. The molecule has 0 saturated heterocycles. The Kier molecular flexibility index (Phi) is 5.30. The molecule has 0 fully saturated rings. The summed E-state index contributed by atoms with van der Waals surface area (Å²) < 4.78 is 27.1. The summed E-state index contributed by atoms with van der Waals surface area (Å²) in [5, 5.41) is 0. The molecule has 0 unspecified atom stereocenters. The molecule has 1 amide bonds. The lowest BCUT2D eigenvalue weighted by Gasteiger charge is -2.24. The third kappa shape index (κ3) is 4.05. The summed E-state index contributed by atoms with van der Waals surface area (Å²) >= 11 is 0. The first-order valence-corrected chi connectivity index (χ1v) is 7.93. The van der Waals surface area contributed by atoms with Crippen LogP contribution in [-0.4, -0.2) is 39.4 Å². The van der Waals surface area contributed by atoms with Gasteiger partial charge in [-0.15, -0.1) is 0 Å². The number of nitrogens with one attached hydrogen (secondary N) is 1. The lowest BCUT2D eigenvalue weighted by atomic mass is 10.0. The van der Waals surface area contributed by atoms with Crippen LogP contribution in [0.15, 0.2) is 29.2 Å². The molecule has 1 N–H and O–H groups in total. The third-order valence-electron chi connectivity index (χ3n) is 2.99. The van der Waals surface area contributed by atoms with Crippen molar-refractivity contribution in [1.29, 1.82) is 0 Å². The minimum absolute atomic E-state index is 0.134. The fourth-order valence-corrected chi connectivity index (χ4v) is 3.04. The maximum atomic E-state index is 12.3. The molecule has 1 atom stereocenters. The topological polar surface area (TPSA) is 66.5 Å². The molecular weight excluding hydrogens is 276 g/mol. The van der Waals surface area contributed by atoms with E-state index in [2.05, 4.69) is 4.72 Å². The van der Waals surface area contributed by atoms with Crippen LogP contribution in [0.4, 0.5) is 0 Å². The van der Waals surface area contributed by atoms with Gasteiger partial charge < -0.3 is 4.90 Å². The van der Waals surface area contributed by atoms with Crippen molar-refractivity contribution in [3.63, 3.8) is 0 Å². The molecule has 0 aliphatic rings. The Morgan fingerprint density at radius 3 is 2.05 bits per heavy atom. The molecule has 0 spiro atoms. The van der Waals surface area contributed by atoms with Crippen molar-refractivity contribution in [3.05, 3.63) is 29.8 Å². The van der Waals surface area contributed by atoms with E-state index in [1.54, 1.807) is 26.2 Å². The Morgan fingerprint density at radius 2 is 1.65 bits per heavy atom. The Hall–Kier alpha value is -1.40. The van der Waals surface area contributed by atoms with Crippen LogP contribution in [0.5, 0.6) is 0 Å². The Balaban J connectivity index is 3.03. The molecule has 5 nitrogen and oxygen atoms in total. The van der Waals surface area contributed by atoms with Crippen molar-refractivity contribution in [1.82, 2.24) is 9.62 Å². The highest BCUT2D eigenvalue weighted by atomic mass is 32.2. The SMILES string of the molecule is Cc1ccc(S(=O)(=O)N[C@H](C(=O)N(C)C)C(C)C)cc1. The summed E-state index contributed by atoms with van der Waals surface area (Å²) in [7, 11) is -0.479. The predicted molar refractivity (Wildman–Crippen MR) is 78.8 cm³/mol. The first kappa shape index (κ1) is 16.7. The van der Waals surface area contributed by atoms with Crippen molar-refractivity contribution in [2.24, 2.45) is 5.92 Å². The first-order chi connectivity index (χ1) is 9.15. The first-order valence-electron chi connectivity index (χ1n) is 6.45. The Morgan fingerprint density at radius 1 is 1.15 bits per heavy atom. The van der Waals surface area contributed by atoms with Crippen molar-refractivity contribution < 1.29 is 13.2 Å². The van der Waals surface area contributed by atoms with Gasteiger partial charge in [0.1, 0.15) is 6.04 Å². The summed E-state index contributed by atoms with van der Waals surface area (Å²) in [6, 6.07) is 5.76. The lowest BCUT2D eigenvalue weighted by Crippen LogP contribution is -2.49. The zero-order chi connectivity index (χ0) is 15.5. The van der Waals surface area contributed by atoms with Crippen LogP contribution in [-0.2, 0) is 14.8 Å². The monoisotopic (exact) mass is 298 g/mol. The molecule has 1 aromatic carbocycles. The smallest absolute Gasteiger partial charge is 0.241 e. The quantitative estimate of drug-likeness (QED) is 0.893. The van der Waals surface area contributed by atoms with E-state index in [0.717, 1.165) is 5.56 Å². The second-order valence-electron chi connectivity index (χ2n) is 5.39. The maximum Gasteiger partial charge on any atom is 0.241 e. The van der Waals surface area contributed by atoms with Crippen LogP contribution in [0.2, 0.25) is 0 Å². The standard InChI is InChI=1S/C14H22N2O3S/c1-10(2)13(14(17)16(4)5)15-20(18,19)12-8-6-11(3)7-9-12/h6-10,13,15H,1-5H3/t13-/m0/s1. The third-order valence-corrected chi connectivity index (χ3v) is 4.44. The molecule has 1 aromatic rings. The molecule has 0 aliphatic heterocycles. The predicted octanol–water partition coefficient (Wildman–Crippen LogP) is 1.39. The van der Waals surface area contributed by atoms with Crippen molar-refractivity contribution >= 4 is 15.9 Å². The van der Waals surface area contributed by atoms with E-state index in [1.165, 1.54) is 17.0 Å². The van der Waals surface area contributed by atoms with Crippen LogP contribution >= 0.6 is 0 Å². The van der Waals surface area contributed by atoms with Crippen LogP contribution < -0.4 is 4.72 Å². The zero-order valence-electron chi connectivity index (χ0n) is 12.5. The molecule has 0 heterocycles. The van der Waals surface area contributed by atoms with Crippen molar-refractivity contribution in [3.8, 4) is 0 Å². The fourth-order valence-electron chi connectivity index (χ4n) is 1.70. The Bertz CT molecular complexity index is 563. The zero-order valence-corrected chi connectivity index (χ0v) is 13.4. The maximum absolute atomic E-state index is 12.3. The average molecular weight is 298 g/mol. The summed E-state index contributed by atoms with van der Waals surface area (Å²) in [6.07, 6.45) is 0. The second-order valence-corrected chi connectivity index (χ2v) is 7.10. The average Bonchev–Trinajstić information content (AvgIpc) is 2.35. The molecule has 1 rings (SSSR count). The van der Waals surface area contributed by atoms with E-state index in [-0.39, 0.29) is 16.7 Å². The summed E-state index contributed by atoms with van der Waals surface area (Å²) in [5.41, 5.74) is 0.980. The van der Waals surface area contributed by atoms with Gasteiger partial charge in [0, 0.05) is 14.1 Å². The van der Waals surface area contributed by atoms with E-state index in [1.807, 2.05) is 20.8 Å². The van der Waals surface area contributed by atoms with Crippen molar-refractivity contribution in [2.45, 2.75) is 31.7 Å². The minimum Gasteiger partial charge on any atom is -0.347 e. The molecule has 20 heavy (non-hydrogen) atoms. The van der Waals surface area contributed by atoms with Gasteiger partial charge in [0.15, 0.2) is 0 Å². The van der Waals surface area contributed by atoms with Gasteiger partial charge >= 0.3 is 0 Å². The number of carbonyl (C=O) groups excluding carboxylic acids is 1. The number of likely N-dealkylation sites (N-methyl/N-ethyl adjacent to an activating group) is 1. The van der Waals surface area contributed by atoms with E-state index < -0.39 is 16.1 Å². The summed E-state index contributed by atoms with van der Waals surface area (Å²) in [5.74, 6) is -0.388. The number of sulfonamides is 1. The molecule has 112 valence electrons. The number of hydrogen-bond acceptors (Lipinski definition) is 3. The fraction of sp³-hybridized carbons (Fsp3) is 0.500. The van der Waals surface area contributed by atoms with Gasteiger partial charge in [-0.25, -0.2) is 8.42 Å². The molecule has 0 radical (unpaired) electrons. The van der Waals surface area contributed by atoms with Crippen LogP contribution in [0.1, 0.15) is 19.4 Å². The largest absolute Gasteiger partial charge is 0.347 e. The molecule has 0 bridgehead atoms. The van der Waals surface area contributed by atoms with Crippen LogP contribution in [0.25, 0.3) is 0 Å². The van der Waals surface area contributed by atoms with Crippen LogP contribution in [0, 0.1) is 12.8 Å². The van der Waals surface area contributed by atoms with E-state index in [4.69, 9.17) is 0 Å². The van der Waals surface area contributed by atoms with Gasteiger partial charge in [-0.3, -0.25) is 4.79 Å². The van der Waals surface area contributed by atoms with Gasteiger partial charge in [-0.05, 0) is 25.0 Å². The second kappa shape index (κ2) is 6.37. The van der Waals surface area contributed by atoms with Crippen molar-refractivity contribution in [2.75, 3.05) is 14.1 Å². The highest BCUT2D eigenvalue weighted by molar-refractivity contribution is 7.89. The molecule has 0 saturated carbocycles. The van der Waals surface area contributed by atoms with Gasteiger partial charge in [0.05, 0.1) is 4.90 Å². The van der Waals surface area contributed by atoms with Gasteiger partial charge in [0.25, 0.3) is 0 Å². The molecule has 0 aliphatic carbocycles. The molecule has 6 heteroatoms. The summed E-state index contributed by atoms with van der Waals surface area (Å²) in [4.78, 5) is 13.6. The number of benzene rings is 1. The lowest BCUT2D eigenvalue weighted by molar-refractivity contribution is -0.131. The number of carbonyl (C=O) groups is 1. The van der Waals surface area contributed by atoms with Gasteiger partial charge in [-0.1, -0.05) is 31.5 Å². The van der Waals surface area contributed by atoms with Crippen LogP contribution in [0.3, 0.4) is 0 Å². The van der Waals surface area contributed by atoms with E-state index >= 15 is 0 Å². The summed E-state index contributed by atoms with van der Waals surface area (Å²) in [6.45, 7) is 5.50. The molecule has 0 aromatic heterocycles. The highest BCUT2D eigenvalue weighted by Gasteiger charge is 2.29. The number of hydrogen-bond donors (Lipinski definition) is 1.